The van der Waals surface area contributed by atoms with E-state index in [0.717, 1.165) is 0 Å². The van der Waals surface area contributed by atoms with Gasteiger partial charge in [0.2, 0.25) is 23.5 Å². The van der Waals surface area contributed by atoms with E-state index in [1.54, 1.807) is 0 Å². The van der Waals surface area contributed by atoms with E-state index in [2.05, 4.69) is 21.3 Å². The number of rotatable bonds is 6. The van der Waals surface area contributed by atoms with Gasteiger partial charge in [-0.1, -0.05) is 0 Å². The van der Waals surface area contributed by atoms with Crippen LogP contribution in [0.4, 0.5) is 65.9 Å². The number of hydrogen-bond donors (Lipinski definition) is 4. The van der Waals surface area contributed by atoms with Gasteiger partial charge in [0, 0.05) is 85.8 Å². The van der Waals surface area contributed by atoms with Crippen molar-refractivity contribution < 1.29 is 80.6 Å². The van der Waals surface area contributed by atoms with E-state index in [0.29, 0.717) is 0 Å². The highest BCUT2D eigenvalue weighted by atomic mass is 19.2. The molecule has 8 bridgehead atoms. The van der Waals surface area contributed by atoms with Gasteiger partial charge >= 0.3 is 0 Å². The largest absolute Gasteiger partial charge is 0.310 e. The monoisotopic (exact) mass is 951 g/mol. The molecule has 0 spiro atoms. The molecule has 28 heteroatoms. The average molecular weight is 952 g/mol. The quantitative estimate of drug-likeness (QED) is 0.0790. The van der Waals surface area contributed by atoms with Crippen molar-refractivity contribution in [3.8, 4) is 0 Å². The summed E-state index contributed by atoms with van der Waals surface area (Å²) in [5.41, 5.74) is -5.16. The smallest absolute Gasteiger partial charge is 0.297 e. The lowest BCUT2D eigenvalue weighted by Gasteiger charge is -2.36. The van der Waals surface area contributed by atoms with Crippen LogP contribution in [0.15, 0.2) is 0 Å². The summed E-state index contributed by atoms with van der Waals surface area (Å²) in [5.74, 6) is -45.7. The molecule has 352 valence electrons. The van der Waals surface area contributed by atoms with Crippen LogP contribution in [0.5, 0.6) is 0 Å². The number of halogens is 15. The molecule has 5 saturated heterocycles. The first kappa shape index (κ1) is 46.2. The molecule has 0 radical (unpaired) electrons. The van der Waals surface area contributed by atoms with Crippen LogP contribution in [0.2, 0.25) is 0 Å². The van der Waals surface area contributed by atoms with Crippen molar-refractivity contribution in [3.63, 3.8) is 0 Å². The van der Waals surface area contributed by atoms with Crippen LogP contribution < -0.4 is 21.3 Å². The summed E-state index contributed by atoms with van der Waals surface area (Å²) < 4.78 is 229. The molecule has 3 aromatic carbocycles. The Balaban J connectivity index is 1.42. The predicted octanol–water partition coefficient (Wildman–Crippen LogP) is 5.69. The normalized spacial score (nSPS) is 33.3. The summed E-state index contributed by atoms with van der Waals surface area (Å²) in [7, 11) is 0. The zero-order valence-electron chi connectivity index (χ0n) is 32.1. The lowest BCUT2D eigenvalue weighted by atomic mass is 9.80. The van der Waals surface area contributed by atoms with Crippen LogP contribution in [-0.4, -0.2) is 81.2 Å². The van der Waals surface area contributed by atoms with Gasteiger partial charge in [-0.3, -0.25) is 35.7 Å². The molecule has 14 atom stereocenters. The fourth-order valence-electron chi connectivity index (χ4n) is 11.1. The number of nitrogens with zero attached hydrogens (tertiary/aromatic N) is 3. The van der Waals surface area contributed by atoms with E-state index in [1.807, 2.05) is 0 Å². The summed E-state index contributed by atoms with van der Waals surface area (Å²) in [6.45, 7) is 0. The van der Waals surface area contributed by atoms with Crippen LogP contribution >= 0.6 is 0 Å². The molecule has 5 heterocycles. The molecule has 0 amide bonds. The first-order valence-corrected chi connectivity index (χ1v) is 19.5. The lowest BCUT2D eigenvalue weighted by molar-refractivity contribution is -0.614. The van der Waals surface area contributed by atoms with Gasteiger partial charge in [-0.05, 0) is 25.7 Å². The molecule has 5 aliphatic heterocycles. The van der Waals surface area contributed by atoms with Crippen molar-refractivity contribution >= 4 is 0 Å². The van der Waals surface area contributed by atoms with E-state index >= 15 is 35.1 Å². The molecule has 13 nitrogen and oxygen atoms in total. The van der Waals surface area contributed by atoms with Crippen molar-refractivity contribution in [2.75, 3.05) is 0 Å². The van der Waals surface area contributed by atoms with E-state index in [9.17, 15) is 61.1 Å². The Morgan fingerprint density at radius 1 is 0.338 bits per heavy atom. The summed E-state index contributed by atoms with van der Waals surface area (Å²) >= 11 is 0. The molecule has 0 aromatic heterocycles. The molecule has 4 N–H and O–H groups in total. The third-order valence-electron chi connectivity index (χ3n) is 13.7. The Labute approximate surface area is 352 Å². The minimum atomic E-state index is -2.77. The molecule has 3 aromatic rings. The summed E-state index contributed by atoms with van der Waals surface area (Å²) in [5, 5.41) is 48.6. The van der Waals surface area contributed by atoms with Crippen molar-refractivity contribution in [2.45, 2.75) is 116 Å². The number of hydrogen-bond acceptors (Lipinski definition) is 10. The second-order valence-electron chi connectivity index (χ2n) is 16.6. The highest BCUT2D eigenvalue weighted by molar-refractivity contribution is 5.37. The van der Waals surface area contributed by atoms with Gasteiger partial charge in [0.25, 0.3) is 12.1 Å². The fraction of sp³-hybridized carbons (Fsp3) is 0.514. The highest BCUT2D eigenvalue weighted by Gasteiger charge is 2.67. The standard InChI is InChI=1S/C37H28F15N7O6/c38-18-15(19(39)25(45)30(50)24(18)44)12-6-1-3-8(53-6)13(16-20(40)26(46)31(51)27(47)21(16)41)34-11(57(60)61)5-10(55-34)33-36(58(62)63)37(59(64)65)35(56-33)14(9-4-2-7(12)54-9)17-22(42)28(48)32(52)29(49)23(17)43/h6-14,33-37,53-56H,1-5H2. The minimum Gasteiger partial charge on any atom is -0.310 e. The SMILES string of the molecule is O=[N+]([O-])C1CC2NC1C(c1c(F)c(F)c(F)c(F)c1F)C1CCC(N1)C(c1c(F)c(F)c(F)c(F)c1F)C1CCC(N1)C(c1c(F)c(F)c(F)c(F)c1F)C1NC2C([N+](=O)[O-])C1[N+](=O)[O-]. The van der Waals surface area contributed by atoms with E-state index < -0.39 is 235 Å². The van der Waals surface area contributed by atoms with Crippen LogP contribution in [-0.2, 0) is 0 Å². The second kappa shape index (κ2) is 16.5. The maximum atomic E-state index is 16.0. The molecule has 14 unspecified atom stereocenters. The van der Waals surface area contributed by atoms with Crippen molar-refractivity contribution in [1.82, 2.24) is 21.3 Å². The summed E-state index contributed by atoms with van der Waals surface area (Å²) in [6, 6.07) is -23.6. The Kier molecular flexibility index (Phi) is 11.7. The van der Waals surface area contributed by atoms with Crippen molar-refractivity contribution in [1.29, 1.82) is 0 Å². The topological polar surface area (TPSA) is 178 Å². The molecule has 5 aliphatic rings. The van der Waals surface area contributed by atoms with Gasteiger partial charge in [-0.15, -0.1) is 0 Å². The van der Waals surface area contributed by atoms with E-state index in [-0.39, 0.29) is 0 Å². The zero-order valence-corrected chi connectivity index (χ0v) is 32.1. The molecule has 5 fully saturated rings. The van der Waals surface area contributed by atoms with Gasteiger partial charge in [0.05, 0.1) is 18.1 Å². The number of fused-ring (bicyclic) bond motifs is 9. The third-order valence-corrected chi connectivity index (χ3v) is 13.7. The molecule has 65 heavy (non-hydrogen) atoms. The first-order chi connectivity index (χ1) is 30.5. The fourth-order valence-corrected chi connectivity index (χ4v) is 11.1. The predicted molar refractivity (Wildman–Crippen MR) is 185 cm³/mol. The number of benzene rings is 3. The van der Waals surface area contributed by atoms with Crippen LogP contribution in [0.3, 0.4) is 0 Å². The molecular weight excluding hydrogens is 923 g/mol. The van der Waals surface area contributed by atoms with E-state index in [4.69, 9.17) is 0 Å². The molecule has 0 saturated carbocycles. The molecule has 0 aliphatic carbocycles. The first-order valence-electron chi connectivity index (χ1n) is 19.5. The number of nitrogens with one attached hydrogen (secondary N) is 4. The maximum absolute atomic E-state index is 16.0. The Bertz CT molecular complexity index is 2460. The van der Waals surface area contributed by atoms with Crippen LogP contribution in [0.1, 0.15) is 66.5 Å². The molecular formula is C37H28F15N7O6. The van der Waals surface area contributed by atoms with Gasteiger partial charge in [-0.25, -0.2) is 65.9 Å². The van der Waals surface area contributed by atoms with Gasteiger partial charge in [-0.2, -0.15) is 0 Å². The summed E-state index contributed by atoms with van der Waals surface area (Å²) in [4.78, 5) is 34.7. The maximum Gasteiger partial charge on any atom is 0.297 e. The lowest BCUT2D eigenvalue weighted by Crippen LogP contribution is -2.55. The van der Waals surface area contributed by atoms with Gasteiger partial charge in [0.15, 0.2) is 69.8 Å². The number of nitro groups is 3. The van der Waals surface area contributed by atoms with Gasteiger partial charge in [0.1, 0.15) is 0 Å². The Hall–Kier alpha value is -5.35. The highest BCUT2D eigenvalue weighted by Crippen LogP contribution is 2.48. The van der Waals surface area contributed by atoms with Crippen molar-refractivity contribution in [3.05, 3.63) is 134 Å². The van der Waals surface area contributed by atoms with Gasteiger partial charge < -0.3 is 16.0 Å². The Morgan fingerprint density at radius 2 is 0.631 bits per heavy atom. The zero-order chi connectivity index (χ0) is 47.6. The Morgan fingerprint density at radius 3 is 0.969 bits per heavy atom. The van der Waals surface area contributed by atoms with Crippen LogP contribution in [0, 0.1) is 118 Å². The summed E-state index contributed by atoms with van der Waals surface area (Å²) in [6.07, 6.45) is -3.46. The van der Waals surface area contributed by atoms with Crippen molar-refractivity contribution in [2.24, 2.45) is 0 Å². The van der Waals surface area contributed by atoms with E-state index in [1.165, 1.54) is 0 Å². The third kappa shape index (κ3) is 6.94. The molecule has 8 rings (SSSR count). The second-order valence-corrected chi connectivity index (χ2v) is 16.6. The average Bonchev–Trinajstić information content (AvgIpc) is 4.10. The van der Waals surface area contributed by atoms with Crippen LogP contribution in [0.25, 0.3) is 0 Å². The minimum absolute atomic E-state index is 0.566.